The van der Waals surface area contributed by atoms with Crippen molar-refractivity contribution in [1.29, 1.82) is 0 Å². The number of rotatable bonds is 5. The molecule has 0 fully saturated rings. The molecule has 10 aromatic rings. The molecule has 3 aromatic heterocycles. The summed E-state index contributed by atoms with van der Waals surface area (Å²) in [7, 11) is 0. The van der Waals surface area contributed by atoms with Crippen molar-refractivity contribution < 1.29 is 4.42 Å². The van der Waals surface area contributed by atoms with Crippen molar-refractivity contribution in [3.8, 4) is 56.2 Å². The molecule has 3 nitrogen and oxygen atoms in total. The molecule has 0 aliphatic carbocycles. The van der Waals surface area contributed by atoms with Crippen LogP contribution in [0.5, 0.6) is 0 Å². The van der Waals surface area contributed by atoms with Gasteiger partial charge in [0.1, 0.15) is 11.2 Å². The molecule has 0 aliphatic rings. The molecule has 0 N–H and O–H groups in total. The van der Waals surface area contributed by atoms with E-state index in [1.54, 1.807) is 0 Å². The number of hydrogen-bond acceptors (Lipinski definition) is 4. The highest BCUT2D eigenvalue weighted by molar-refractivity contribution is 7.26. The molecule has 0 spiro atoms. The van der Waals surface area contributed by atoms with Gasteiger partial charge in [0, 0.05) is 58.8 Å². The van der Waals surface area contributed by atoms with Gasteiger partial charge in [0.25, 0.3) is 0 Å². The van der Waals surface area contributed by atoms with Crippen LogP contribution in [0.15, 0.2) is 174 Å². The summed E-state index contributed by atoms with van der Waals surface area (Å²) in [6.07, 6.45) is 0. The van der Waals surface area contributed by atoms with Crippen molar-refractivity contribution in [2.24, 2.45) is 0 Å². The maximum absolute atomic E-state index is 6.76. The third kappa shape index (κ3) is 4.80. The molecule has 4 heteroatoms. The lowest BCUT2D eigenvalue weighted by Crippen LogP contribution is -1.96. The van der Waals surface area contributed by atoms with Gasteiger partial charge in [-0.05, 0) is 35.4 Å². The molecule has 10 rings (SSSR count). The summed E-state index contributed by atoms with van der Waals surface area (Å²) < 4.78 is 9.33. The topological polar surface area (TPSA) is 38.9 Å². The molecule has 234 valence electrons. The Morgan fingerprint density at radius 3 is 1.76 bits per heavy atom. The lowest BCUT2D eigenvalue weighted by atomic mass is 10.00. The van der Waals surface area contributed by atoms with Crippen molar-refractivity contribution in [3.63, 3.8) is 0 Å². The normalized spacial score (nSPS) is 11.6. The summed E-state index contributed by atoms with van der Waals surface area (Å²) in [5.74, 6) is 0.658. The third-order valence-corrected chi connectivity index (χ3v) is 10.8. The van der Waals surface area contributed by atoms with E-state index >= 15 is 0 Å². The van der Waals surface area contributed by atoms with E-state index in [9.17, 15) is 0 Å². The Hall–Kier alpha value is -6.36. The summed E-state index contributed by atoms with van der Waals surface area (Å²) >= 11 is 1.84. The SMILES string of the molecule is c1ccc(-c2ccc(-c3cc(-c4ccccc4)nc(-c4ccc5c(c4)oc4c(-c6cccc7c6sc6ccccc67)cccc45)n3)cc2)cc1. The summed E-state index contributed by atoms with van der Waals surface area (Å²) in [6, 6.07) is 59.5. The highest BCUT2D eigenvalue weighted by atomic mass is 32.1. The van der Waals surface area contributed by atoms with Gasteiger partial charge in [-0.2, -0.15) is 0 Å². The molecule has 50 heavy (non-hydrogen) atoms. The first-order valence-electron chi connectivity index (χ1n) is 16.7. The molecule has 0 aliphatic heterocycles. The molecule has 7 aromatic carbocycles. The highest BCUT2D eigenvalue weighted by Gasteiger charge is 2.18. The number of nitrogens with zero attached hydrogens (tertiary/aromatic N) is 2. The Balaban J connectivity index is 1.11. The number of hydrogen-bond donors (Lipinski definition) is 0. The molecule has 0 bridgehead atoms. The zero-order valence-electron chi connectivity index (χ0n) is 26.9. The van der Waals surface area contributed by atoms with E-state index in [0.717, 1.165) is 55.6 Å². The van der Waals surface area contributed by atoms with E-state index < -0.39 is 0 Å². The van der Waals surface area contributed by atoms with Gasteiger partial charge in [0.05, 0.1) is 11.4 Å². The zero-order valence-corrected chi connectivity index (χ0v) is 27.7. The van der Waals surface area contributed by atoms with Gasteiger partial charge in [-0.25, -0.2) is 9.97 Å². The summed E-state index contributed by atoms with van der Waals surface area (Å²) in [4.78, 5) is 10.2. The first kappa shape index (κ1) is 28.6. The van der Waals surface area contributed by atoms with E-state index in [0.29, 0.717) is 5.82 Å². The van der Waals surface area contributed by atoms with E-state index in [-0.39, 0.29) is 0 Å². The minimum atomic E-state index is 0.658. The number of furan rings is 1. The number of aromatic nitrogens is 2. The Morgan fingerprint density at radius 2 is 0.980 bits per heavy atom. The van der Waals surface area contributed by atoms with Gasteiger partial charge in [0.15, 0.2) is 5.82 Å². The number of fused-ring (bicyclic) bond motifs is 6. The minimum absolute atomic E-state index is 0.658. The number of thiophene rings is 1. The lowest BCUT2D eigenvalue weighted by molar-refractivity contribution is 0.670. The fraction of sp³-hybridized carbons (Fsp3) is 0. The average Bonchev–Trinajstić information content (AvgIpc) is 3.77. The number of benzene rings is 7. The van der Waals surface area contributed by atoms with Crippen LogP contribution in [0.1, 0.15) is 0 Å². The van der Waals surface area contributed by atoms with E-state index in [1.807, 2.05) is 35.6 Å². The number of para-hydroxylation sites is 1. The molecular weight excluding hydrogens is 629 g/mol. The molecule has 0 radical (unpaired) electrons. The van der Waals surface area contributed by atoms with Crippen molar-refractivity contribution in [3.05, 3.63) is 170 Å². The van der Waals surface area contributed by atoms with Crippen LogP contribution >= 0.6 is 11.3 Å². The minimum Gasteiger partial charge on any atom is -0.455 e. The van der Waals surface area contributed by atoms with Crippen molar-refractivity contribution in [2.45, 2.75) is 0 Å². The fourth-order valence-corrected chi connectivity index (χ4v) is 8.28. The largest absolute Gasteiger partial charge is 0.455 e. The van der Waals surface area contributed by atoms with E-state index in [2.05, 4.69) is 146 Å². The molecule has 0 amide bonds. The van der Waals surface area contributed by atoms with Crippen LogP contribution in [0, 0.1) is 0 Å². The maximum atomic E-state index is 6.76. The van der Waals surface area contributed by atoms with Crippen LogP contribution in [0.3, 0.4) is 0 Å². The first-order chi connectivity index (χ1) is 24.8. The molecule has 0 saturated heterocycles. The second-order valence-corrected chi connectivity index (χ2v) is 13.6. The Bertz CT molecular complexity index is 2850. The smallest absolute Gasteiger partial charge is 0.160 e. The van der Waals surface area contributed by atoms with Gasteiger partial charge < -0.3 is 4.42 Å². The second-order valence-electron chi connectivity index (χ2n) is 12.5. The molecule has 3 heterocycles. The predicted molar refractivity (Wildman–Crippen MR) is 209 cm³/mol. The van der Waals surface area contributed by atoms with Crippen LogP contribution in [0.2, 0.25) is 0 Å². The van der Waals surface area contributed by atoms with Crippen LogP contribution in [-0.2, 0) is 0 Å². The molecule has 0 saturated carbocycles. The molecule has 0 atom stereocenters. The van der Waals surface area contributed by atoms with Crippen LogP contribution in [0.25, 0.3) is 98.3 Å². The second kappa shape index (κ2) is 11.7. The van der Waals surface area contributed by atoms with Gasteiger partial charge in [-0.3, -0.25) is 0 Å². The molecule has 0 unspecified atom stereocenters. The summed E-state index contributed by atoms with van der Waals surface area (Å²) in [5, 5.41) is 4.74. The van der Waals surface area contributed by atoms with Crippen molar-refractivity contribution in [1.82, 2.24) is 9.97 Å². The van der Waals surface area contributed by atoms with Gasteiger partial charge >= 0.3 is 0 Å². The van der Waals surface area contributed by atoms with Crippen LogP contribution in [0.4, 0.5) is 0 Å². The first-order valence-corrected chi connectivity index (χ1v) is 17.6. The van der Waals surface area contributed by atoms with Crippen LogP contribution in [-0.4, -0.2) is 9.97 Å². The Kier molecular flexibility index (Phi) is 6.68. The monoisotopic (exact) mass is 656 g/mol. The molecular formula is C46H28N2OS. The quantitative estimate of drug-likeness (QED) is 0.185. The third-order valence-electron chi connectivity index (χ3n) is 9.53. The summed E-state index contributed by atoms with van der Waals surface area (Å²) in [6.45, 7) is 0. The lowest BCUT2D eigenvalue weighted by Gasteiger charge is -2.10. The van der Waals surface area contributed by atoms with E-state index in [1.165, 1.54) is 36.9 Å². The predicted octanol–water partition coefficient (Wildman–Crippen LogP) is 13.1. The maximum Gasteiger partial charge on any atom is 0.160 e. The standard InChI is InChI=1S/C46H28N2OS/c1-3-11-29(12-4-1)30-21-23-32(24-22-30)41-28-40(31-13-5-2-6-14-31)47-46(48-41)33-25-26-34-36-16-9-17-37(44(36)49-42(34)27-33)39-19-10-18-38-35-15-7-8-20-43(35)50-45(38)39/h1-28H. The van der Waals surface area contributed by atoms with Gasteiger partial charge in [-0.15, -0.1) is 11.3 Å². The highest BCUT2D eigenvalue weighted by Crippen LogP contribution is 2.43. The Morgan fingerprint density at radius 1 is 0.400 bits per heavy atom. The average molecular weight is 657 g/mol. The van der Waals surface area contributed by atoms with Crippen molar-refractivity contribution in [2.75, 3.05) is 0 Å². The Labute approximate surface area is 292 Å². The zero-order chi connectivity index (χ0) is 33.0. The fourth-order valence-electron chi connectivity index (χ4n) is 7.05. The summed E-state index contributed by atoms with van der Waals surface area (Å²) in [5.41, 5.74) is 11.1. The van der Waals surface area contributed by atoms with Gasteiger partial charge in [-0.1, -0.05) is 146 Å². The van der Waals surface area contributed by atoms with Crippen molar-refractivity contribution >= 4 is 53.4 Å². The van der Waals surface area contributed by atoms with Gasteiger partial charge in [0.2, 0.25) is 0 Å². The van der Waals surface area contributed by atoms with E-state index in [4.69, 9.17) is 14.4 Å². The van der Waals surface area contributed by atoms with Crippen LogP contribution < -0.4 is 0 Å².